The number of hydrogen-bond donors (Lipinski definition) is 2. The summed E-state index contributed by atoms with van der Waals surface area (Å²) in [7, 11) is 1.43. The third kappa shape index (κ3) is 5.36. The van der Waals surface area contributed by atoms with E-state index in [-0.39, 0.29) is 18.7 Å². The zero-order chi connectivity index (χ0) is 20.6. The highest BCUT2D eigenvalue weighted by atomic mass is 16.5. The van der Waals surface area contributed by atoms with Crippen molar-refractivity contribution in [2.24, 2.45) is 0 Å². The van der Waals surface area contributed by atoms with Crippen LogP contribution in [0.3, 0.4) is 0 Å². The van der Waals surface area contributed by atoms with Crippen molar-refractivity contribution in [3.63, 3.8) is 0 Å². The summed E-state index contributed by atoms with van der Waals surface area (Å²) >= 11 is 0. The quantitative estimate of drug-likeness (QED) is 0.454. The normalized spacial score (nSPS) is 10.7. The van der Waals surface area contributed by atoms with Crippen LogP contribution in [0.15, 0.2) is 65.6 Å². The van der Waals surface area contributed by atoms with Crippen LogP contribution in [0.2, 0.25) is 0 Å². The lowest BCUT2D eigenvalue weighted by Gasteiger charge is -2.15. The Kier molecular flexibility index (Phi) is 6.86. The number of fused-ring (bicyclic) bond motifs is 1. The number of benzene rings is 2. The monoisotopic (exact) mass is 395 g/mol. The number of aryl methyl sites for hydroxylation is 2. The number of urea groups is 1. The molecule has 152 valence electrons. The molecule has 1 heterocycles. The molecule has 0 spiro atoms. The number of hydrogen-bond acceptors (Lipinski definition) is 4. The molecule has 0 bridgehead atoms. The molecule has 0 atom stereocenters. The minimum atomic E-state index is -0.597. The summed E-state index contributed by atoms with van der Waals surface area (Å²) in [4.78, 5) is 24.0. The molecule has 7 heteroatoms. The van der Waals surface area contributed by atoms with Gasteiger partial charge < -0.3 is 14.6 Å². The molecule has 0 unspecified atom stereocenters. The topological polar surface area (TPSA) is 83.8 Å². The Morgan fingerprint density at radius 3 is 2.72 bits per heavy atom. The number of ether oxygens (including phenoxy) is 1. The van der Waals surface area contributed by atoms with Crippen LogP contribution in [0.25, 0.3) is 10.8 Å². The van der Waals surface area contributed by atoms with E-state index >= 15 is 0 Å². The van der Waals surface area contributed by atoms with E-state index in [1.165, 1.54) is 12.6 Å². The Morgan fingerprint density at radius 1 is 1.17 bits per heavy atom. The summed E-state index contributed by atoms with van der Waals surface area (Å²) in [6.07, 6.45) is 3.62. The summed E-state index contributed by atoms with van der Waals surface area (Å²) in [6.45, 7) is 0.820. The first-order valence-electron chi connectivity index (χ1n) is 9.56. The zero-order valence-electron chi connectivity index (χ0n) is 16.4. The summed E-state index contributed by atoms with van der Waals surface area (Å²) in [5, 5.41) is 13.8. The SMILES string of the molecule is CNC(=O)N(O)CCOc1ccc2c(=O)n(CCCc3ccccc3)ccc2c1. The van der Waals surface area contributed by atoms with Gasteiger partial charge in [-0.1, -0.05) is 30.3 Å². The van der Waals surface area contributed by atoms with E-state index in [9.17, 15) is 14.8 Å². The van der Waals surface area contributed by atoms with Gasteiger partial charge >= 0.3 is 6.03 Å². The molecule has 29 heavy (non-hydrogen) atoms. The standard InChI is InChI=1S/C22H25N3O4/c1-23-22(27)25(28)14-15-29-19-9-10-20-18(16-19)11-13-24(21(20)26)12-5-8-17-6-3-2-4-7-17/h2-4,6-7,9-11,13,16,28H,5,8,12,14-15H2,1H3,(H,23,27). The molecule has 0 fully saturated rings. The molecule has 0 aliphatic heterocycles. The Hall–Kier alpha value is -3.32. The molecule has 2 aromatic carbocycles. The minimum Gasteiger partial charge on any atom is -0.492 e. The van der Waals surface area contributed by atoms with Crippen LogP contribution in [-0.2, 0) is 13.0 Å². The highest BCUT2D eigenvalue weighted by Gasteiger charge is 2.09. The summed E-state index contributed by atoms with van der Waals surface area (Å²) in [6, 6.07) is 16.8. The van der Waals surface area contributed by atoms with Crippen LogP contribution in [-0.4, -0.2) is 41.1 Å². The van der Waals surface area contributed by atoms with Crippen LogP contribution in [0.1, 0.15) is 12.0 Å². The van der Waals surface area contributed by atoms with Crippen molar-refractivity contribution >= 4 is 16.8 Å². The van der Waals surface area contributed by atoms with Gasteiger partial charge in [0.05, 0.1) is 6.54 Å². The maximum atomic E-state index is 12.7. The van der Waals surface area contributed by atoms with Gasteiger partial charge in [-0.25, -0.2) is 9.86 Å². The van der Waals surface area contributed by atoms with Gasteiger partial charge in [-0.2, -0.15) is 0 Å². The van der Waals surface area contributed by atoms with Gasteiger partial charge in [0.1, 0.15) is 12.4 Å². The van der Waals surface area contributed by atoms with Crippen LogP contribution >= 0.6 is 0 Å². The molecule has 3 rings (SSSR count). The number of carbonyl (C=O) groups is 1. The van der Waals surface area contributed by atoms with Gasteiger partial charge in [-0.3, -0.25) is 10.0 Å². The number of pyridine rings is 1. The molecule has 3 aromatic rings. The lowest BCUT2D eigenvalue weighted by Crippen LogP contribution is -2.37. The number of hydroxylamine groups is 2. The predicted octanol–water partition coefficient (Wildman–Crippen LogP) is 3.04. The van der Waals surface area contributed by atoms with Crippen LogP contribution in [0.4, 0.5) is 4.79 Å². The fraction of sp³-hybridized carbons (Fsp3) is 0.273. The molecule has 0 aliphatic carbocycles. The van der Waals surface area contributed by atoms with Gasteiger partial charge in [0, 0.05) is 25.2 Å². The first kappa shape index (κ1) is 20.4. The number of nitrogens with one attached hydrogen (secondary N) is 1. The average Bonchev–Trinajstić information content (AvgIpc) is 2.75. The fourth-order valence-electron chi connectivity index (χ4n) is 3.11. The van der Waals surface area contributed by atoms with Gasteiger partial charge in [0.15, 0.2) is 0 Å². The molecule has 7 nitrogen and oxygen atoms in total. The van der Waals surface area contributed by atoms with E-state index in [4.69, 9.17) is 4.74 Å². The van der Waals surface area contributed by atoms with E-state index in [1.54, 1.807) is 29.0 Å². The molecule has 1 aromatic heterocycles. The maximum absolute atomic E-state index is 12.7. The molecule has 0 radical (unpaired) electrons. The number of aromatic nitrogens is 1. The lowest BCUT2D eigenvalue weighted by atomic mass is 10.1. The zero-order valence-corrected chi connectivity index (χ0v) is 16.4. The first-order valence-corrected chi connectivity index (χ1v) is 9.56. The Morgan fingerprint density at radius 2 is 1.97 bits per heavy atom. The molecule has 0 aliphatic rings. The summed E-state index contributed by atoms with van der Waals surface area (Å²) < 4.78 is 7.31. The highest BCUT2D eigenvalue weighted by Crippen LogP contribution is 2.18. The summed E-state index contributed by atoms with van der Waals surface area (Å²) in [5.41, 5.74) is 1.24. The fourth-order valence-corrected chi connectivity index (χ4v) is 3.11. The predicted molar refractivity (Wildman–Crippen MR) is 111 cm³/mol. The van der Waals surface area contributed by atoms with E-state index in [2.05, 4.69) is 17.4 Å². The van der Waals surface area contributed by atoms with E-state index in [0.717, 1.165) is 18.2 Å². The van der Waals surface area contributed by atoms with Crippen molar-refractivity contribution in [3.8, 4) is 5.75 Å². The second-order valence-electron chi connectivity index (χ2n) is 6.68. The smallest absolute Gasteiger partial charge is 0.340 e. The summed E-state index contributed by atoms with van der Waals surface area (Å²) in [5.74, 6) is 0.573. The Balaban J connectivity index is 1.61. The first-order chi connectivity index (χ1) is 14.1. The Labute approximate surface area is 169 Å². The van der Waals surface area contributed by atoms with E-state index in [0.29, 0.717) is 22.7 Å². The molecule has 0 saturated heterocycles. The van der Waals surface area contributed by atoms with Crippen LogP contribution in [0.5, 0.6) is 5.75 Å². The number of rotatable bonds is 8. The third-order valence-corrected chi connectivity index (χ3v) is 4.68. The van der Waals surface area contributed by atoms with E-state index in [1.807, 2.05) is 24.3 Å². The minimum absolute atomic E-state index is 0.0248. The van der Waals surface area contributed by atoms with Crippen molar-refractivity contribution in [2.75, 3.05) is 20.2 Å². The second-order valence-corrected chi connectivity index (χ2v) is 6.68. The van der Waals surface area contributed by atoms with Crippen molar-refractivity contribution in [1.82, 2.24) is 14.9 Å². The van der Waals surface area contributed by atoms with Gasteiger partial charge in [0.2, 0.25) is 0 Å². The van der Waals surface area contributed by atoms with Crippen molar-refractivity contribution in [3.05, 3.63) is 76.7 Å². The Bertz CT molecular complexity index is 1020. The van der Waals surface area contributed by atoms with Gasteiger partial charge in [0.25, 0.3) is 5.56 Å². The van der Waals surface area contributed by atoms with Gasteiger partial charge in [-0.15, -0.1) is 0 Å². The average molecular weight is 395 g/mol. The molecule has 2 amide bonds. The largest absolute Gasteiger partial charge is 0.492 e. The van der Waals surface area contributed by atoms with E-state index < -0.39 is 6.03 Å². The second kappa shape index (κ2) is 9.75. The highest BCUT2D eigenvalue weighted by molar-refractivity contribution is 5.82. The molecule has 2 N–H and O–H groups in total. The van der Waals surface area contributed by atoms with Gasteiger partial charge in [-0.05, 0) is 48.1 Å². The number of amides is 2. The number of carbonyl (C=O) groups excluding carboxylic acids is 1. The molecular weight excluding hydrogens is 370 g/mol. The number of nitrogens with zero attached hydrogens (tertiary/aromatic N) is 2. The van der Waals surface area contributed by atoms with Crippen molar-refractivity contribution in [1.29, 1.82) is 0 Å². The van der Waals surface area contributed by atoms with Crippen molar-refractivity contribution < 1.29 is 14.7 Å². The lowest BCUT2D eigenvalue weighted by molar-refractivity contribution is -0.0493. The van der Waals surface area contributed by atoms with Crippen molar-refractivity contribution in [2.45, 2.75) is 19.4 Å². The van der Waals surface area contributed by atoms with Crippen LogP contribution in [0, 0.1) is 0 Å². The molecular formula is C22H25N3O4. The third-order valence-electron chi connectivity index (χ3n) is 4.68. The van der Waals surface area contributed by atoms with Crippen LogP contribution < -0.4 is 15.6 Å². The maximum Gasteiger partial charge on any atom is 0.340 e. The molecule has 0 saturated carbocycles.